The minimum atomic E-state index is -0.493. The normalized spacial score (nSPS) is 20.6. The summed E-state index contributed by atoms with van der Waals surface area (Å²) in [4.78, 5) is 6.98. The lowest BCUT2D eigenvalue weighted by Crippen LogP contribution is -3.14. The summed E-state index contributed by atoms with van der Waals surface area (Å²) in [6, 6.07) is 6.45. The van der Waals surface area contributed by atoms with Crippen LogP contribution >= 0.6 is 11.3 Å². The first-order chi connectivity index (χ1) is 14.1. The molecule has 29 heavy (non-hydrogen) atoms. The molecule has 2 aliphatic heterocycles. The number of hydrogen-bond donors (Lipinski definition) is 2. The molecule has 5 rings (SSSR count). The van der Waals surface area contributed by atoms with Gasteiger partial charge in [-0.05, 0) is 12.1 Å². The third kappa shape index (κ3) is 3.22. The highest BCUT2D eigenvalue weighted by molar-refractivity contribution is 7.17. The molecule has 0 bridgehead atoms. The Hall–Kier alpha value is -2.07. The van der Waals surface area contributed by atoms with Crippen LogP contribution in [0.5, 0.6) is 5.88 Å². The van der Waals surface area contributed by atoms with Crippen LogP contribution < -0.4 is 4.90 Å². The van der Waals surface area contributed by atoms with E-state index in [2.05, 4.69) is 10.1 Å². The van der Waals surface area contributed by atoms with E-state index in [-0.39, 0.29) is 17.7 Å². The maximum absolute atomic E-state index is 14.8. The van der Waals surface area contributed by atoms with Gasteiger partial charge in [0.1, 0.15) is 10.7 Å². The summed E-state index contributed by atoms with van der Waals surface area (Å²) in [7, 11) is 0. The van der Waals surface area contributed by atoms with Gasteiger partial charge >= 0.3 is 0 Å². The number of nitrogens with zero attached hydrogens (tertiary/aromatic N) is 3. The quantitative estimate of drug-likeness (QED) is 0.674. The average Bonchev–Trinajstić information content (AvgIpc) is 3.43. The van der Waals surface area contributed by atoms with Crippen molar-refractivity contribution in [3.8, 4) is 5.88 Å². The maximum atomic E-state index is 14.8. The molecule has 7 nitrogen and oxygen atoms in total. The van der Waals surface area contributed by atoms with E-state index in [1.54, 1.807) is 12.1 Å². The Morgan fingerprint density at radius 2 is 2.00 bits per heavy atom. The Balaban J connectivity index is 1.54. The first-order valence-electron chi connectivity index (χ1n) is 10.0. The zero-order valence-corrected chi connectivity index (χ0v) is 17.0. The van der Waals surface area contributed by atoms with Crippen molar-refractivity contribution in [2.45, 2.75) is 38.0 Å². The summed E-state index contributed by atoms with van der Waals surface area (Å²) in [5.74, 6) is -0.0336. The minimum Gasteiger partial charge on any atom is -0.492 e. The number of aromatic hydroxyl groups is 1. The molecule has 4 heterocycles. The number of rotatable bonds is 4. The Bertz CT molecular complexity index is 1020. The number of thiazole rings is 1. The number of likely N-dealkylation sites (tertiary alicyclic amines) is 1. The van der Waals surface area contributed by atoms with Crippen molar-refractivity contribution in [1.82, 2.24) is 14.6 Å². The molecule has 1 spiro atoms. The van der Waals surface area contributed by atoms with E-state index in [9.17, 15) is 9.50 Å². The zero-order chi connectivity index (χ0) is 20.0. The third-order valence-corrected chi connectivity index (χ3v) is 7.00. The summed E-state index contributed by atoms with van der Waals surface area (Å²) in [6.45, 7) is 4.74. The van der Waals surface area contributed by atoms with Gasteiger partial charge < -0.3 is 19.5 Å². The first-order valence-corrected chi connectivity index (χ1v) is 10.9. The van der Waals surface area contributed by atoms with Gasteiger partial charge in [-0.15, -0.1) is 5.10 Å². The third-order valence-electron chi connectivity index (χ3n) is 5.91. The first kappa shape index (κ1) is 18.9. The second-order valence-corrected chi connectivity index (χ2v) is 8.60. The molecule has 2 saturated heterocycles. The molecule has 0 aliphatic carbocycles. The fourth-order valence-corrected chi connectivity index (χ4v) is 5.56. The van der Waals surface area contributed by atoms with Crippen LogP contribution in [0.3, 0.4) is 0 Å². The lowest BCUT2D eigenvalue weighted by molar-refractivity contribution is -0.933. The zero-order valence-electron chi connectivity index (χ0n) is 16.2. The molecule has 9 heteroatoms. The van der Waals surface area contributed by atoms with Crippen molar-refractivity contribution in [2.24, 2.45) is 0 Å². The molecule has 0 saturated carbocycles. The number of nitrogens with one attached hydrogen (secondary N) is 1. The number of hydrogen-bond acceptors (Lipinski definition) is 6. The van der Waals surface area contributed by atoms with Crippen LogP contribution in [0.15, 0.2) is 24.3 Å². The summed E-state index contributed by atoms with van der Waals surface area (Å²) < 4.78 is 28.0. The number of aryl methyl sites for hydroxylation is 1. The van der Waals surface area contributed by atoms with Crippen LogP contribution in [0, 0.1) is 5.82 Å². The van der Waals surface area contributed by atoms with Gasteiger partial charge in [0.25, 0.3) is 0 Å². The molecular weight excluding hydrogens is 395 g/mol. The molecule has 2 N–H and O–H groups in total. The summed E-state index contributed by atoms with van der Waals surface area (Å²) in [6.07, 6.45) is 2.18. The Kier molecular flexibility index (Phi) is 4.78. The molecule has 0 amide bonds. The second-order valence-electron chi connectivity index (χ2n) is 7.59. The molecule has 3 aromatic rings. The monoisotopic (exact) mass is 419 g/mol. The van der Waals surface area contributed by atoms with Gasteiger partial charge in [0.05, 0.1) is 44.7 Å². The van der Waals surface area contributed by atoms with Gasteiger partial charge in [-0.25, -0.2) is 9.37 Å². The number of quaternary nitrogens is 1. The van der Waals surface area contributed by atoms with Crippen LogP contribution in [0.25, 0.3) is 4.96 Å². The molecule has 1 aromatic carbocycles. The van der Waals surface area contributed by atoms with Gasteiger partial charge in [0.15, 0.2) is 17.7 Å². The van der Waals surface area contributed by atoms with Crippen LogP contribution in [0.2, 0.25) is 0 Å². The van der Waals surface area contributed by atoms with Crippen molar-refractivity contribution in [2.75, 3.05) is 26.3 Å². The minimum absolute atomic E-state index is 0.0478. The Labute approximate surface area is 171 Å². The number of fused-ring (bicyclic) bond motifs is 1. The second kappa shape index (κ2) is 7.32. The predicted octanol–water partition coefficient (Wildman–Crippen LogP) is 1.71. The van der Waals surface area contributed by atoms with Gasteiger partial charge in [0, 0.05) is 6.42 Å². The number of benzene rings is 1. The van der Waals surface area contributed by atoms with E-state index in [0.29, 0.717) is 40.9 Å². The van der Waals surface area contributed by atoms with Gasteiger partial charge in [-0.1, -0.05) is 30.4 Å². The molecule has 2 aromatic heterocycles. The Morgan fingerprint density at radius 1 is 1.28 bits per heavy atom. The van der Waals surface area contributed by atoms with E-state index >= 15 is 0 Å². The molecule has 0 radical (unpaired) electrons. The number of halogens is 1. The SMILES string of the molecule is CCc1nc2sc([C@H](c3ccccc3F)[NH+]3CCC4(CC3)OCCO4)c(O)n2n1. The van der Waals surface area contributed by atoms with Crippen LogP contribution in [0.4, 0.5) is 4.39 Å². The Morgan fingerprint density at radius 3 is 2.66 bits per heavy atom. The summed E-state index contributed by atoms with van der Waals surface area (Å²) in [5.41, 5.74) is 0.572. The van der Waals surface area contributed by atoms with Crippen molar-refractivity contribution in [3.63, 3.8) is 0 Å². The highest BCUT2D eigenvalue weighted by Gasteiger charge is 2.45. The number of ether oxygens (including phenoxy) is 2. The number of aromatic nitrogens is 3. The van der Waals surface area contributed by atoms with Gasteiger partial charge in [-0.3, -0.25) is 0 Å². The lowest BCUT2D eigenvalue weighted by Gasteiger charge is -2.38. The highest BCUT2D eigenvalue weighted by Crippen LogP contribution is 2.37. The summed E-state index contributed by atoms with van der Waals surface area (Å²) in [5, 5.41) is 15.3. The number of piperidine rings is 1. The highest BCUT2D eigenvalue weighted by atomic mass is 32.1. The van der Waals surface area contributed by atoms with Crippen LogP contribution in [-0.4, -0.2) is 51.8 Å². The van der Waals surface area contributed by atoms with E-state index < -0.39 is 5.79 Å². The standard InChI is InChI=1S/C20H23FN4O3S/c1-2-15-22-19-25(23-15)18(26)17(29-19)16(13-5-3-4-6-14(13)21)24-9-7-20(8-10-24)27-11-12-28-20/h3-6,16,26H,2,7-12H2,1H3/p+1/t16-/m0/s1. The summed E-state index contributed by atoms with van der Waals surface area (Å²) >= 11 is 1.38. The van der Waals surface area contributed by atoms with Crippen molar-refractivity contribution in [1.29, 1.82) is 0 Å². The molecule has 2 aliphatic rings. The molecule has 2 fully saturated rings. The van der Waals surface area contributed by atoms with Crippen LogP contribution in [0.1, 0.15) is 42.1 Å². The largest absolute Gasteiger partial charge is 0.492 e. The van der Waals surface area contributed by atoms with E-state index in [1.807, 2.05) is 13.0 Å². The van der Waals surface area contributed by atoms with Crippen molar-refractivity contribution >= 4 is 16.3 Å². The fraction of sp³-hybridized carbons (Fsp3) is 0.500. The predicted molar refractivity (Wildman–Crippen MR) is 105 cm³/mol. The molecule has 154 valence electrons. The topological polar surface area (TPSA) is 73.3 Å². The van der Waals surface area contributed by atoms with E-state index in [1.165, 1.54) is 26.8 Å². The van der Waals surface area contributed by atoms with Crippen LogP contribution in [-0.2, 0) is 15.9 Å². The van der Waals surface area contributed by atoms with Crippen molar-refractivity contribution < 1.29 is 23.9 Å². The lowest BCUT2D eigenvalue weighted by atomic mass is 9.97. The molecule has 0 unspecified atom stereocenters. The fourth-order valence-electron chi connectivity index (χ4n) is 4.41. The van der Waals surface area contributed by atoms with Gasteiger partial charge in [-0.2, -0.15) is 4.52 Å². The maximum Gasteiger partial charge on any atom is 0.235 e. The van der Waals surface area contributed by atoms with E-state index in [4.69, 9.17) is 9.47 Å². The van der Waals surface area contributed by atoms with E-state index in [0.717, 1.165) is 25.9 Å². The smallest absolute Gasteiger partial charge is 0.235 e. The molecular formula is C20H24FN4O3S+. The van der Waals surface area contributed by atoms with Crippen molar-refractivity contribution in [3.05, 3.63) is 46.3 Å². The average molecular weight is 420 g/mol. The van der Waals surface area contributed by atoms with Gasteiger partial charge in [0.2, 0.25) is 10.8 Å². The molecule has 1 atom stereocenters.